The Morgan fingerprint density at radius 1 is 1.24 bits per heavy atom. The highest BCUT2D eigenvalue weighted by Gasteiger charge is 2.41. The minimum atomic E-state index is -3.64. The molecule has 1 aromatic carbocycles. The first-order valence-electron chi connectivity index (χ1n) is 12.1. The summed E-state index contributed by atoms with van der Waals surface area (Å²) in [5, 5.41) is 3.78. The molecule has 0 bridgehead atoms. The molecule has 0 spiro atoms. The summed E-state index contributed by atoms with van der Waals surface area (Å²) < 4.78 is 25.6. The number of pyridine rings is 1. The van der Waals surface area contributed by atoms with Gasteiger partial charge >= 0.3 is 0 Å². The number of carbonyl (C=O) groups excluding carboxylic acids is 2. The molecule has 1 N–H and O–H groups in total. The van der Waals surface area contributed by atoms with Gasteiger partial charge in [0.2, 0.25) is 5.91 Å². The lowest BCUT2D eigenvalue weighted by molar-refractivity contribution is -0.116. The van der Waals surface area contributed by atoms with Crippen LogP contribution in [0.3, 0.4) is 0 Å². The summed E-state index contributed by atoms with van der Waals surface area (Å²) in [6.07, 6.45) is 3.35. The third-order valence-electron chi connectivity index (χ3n) is 7.04. The van der Waals surface area contributed by atoms with E-state index in [0.717, 1.165) is 35.2 Å². The van der Waals surface area contributed by atoms with Gasteiger partial charge in [0.05, 0.1) is 21.0 Å². The monoisotopic (exact) mass is 539 g/mol. The smallest absolute Gasteiger partial charge is 0.256 e. The molecule has 1 atom stereocenters. The molecule has 3 heterocycles. The van der Waals surface area contributed by atoms with E-state index in [1.165, 1.54) is 23.2 Å². The Balaban J connectivity index is 1.49. The van der Waals surface area contributed by atoms with Crippen molar-refractivity contribution in [3.05, 3.63) is 47.2 Å². The first-order chi connectivity index (χ1) is 17.4. The summed E-state index contributed by atoms with van der Waals surface area (Å²) in [4.78, 5) is 38.2. The van der Waals surface area contributed by atoms with Crippen molar-refractivity contribution in [2.24, 2.45) is 5.92 Å². The molecule has 2 aromatic heterocycles. The Hall–Kier alpha value is -3.31. The number of carbonyl (C=O) groups is 2. The van der Waals surface area contributed by atoms with Crippen LogP contribution >= 0.6 is 11.3 Å². The molecule has 1 aliphatic heterocycles. The molecule has 3 aromatic rings. The van der Waals surface area contributed by atoms with E-state index in [2.05, 4.69) is 15.3 Å². The largest absolute Gasteiger partial charge is 0.331 e. The summed E-state index contributed by atoms with van der Waals surface area (Å²) in [5.41, 5.74) is 2.49. The van der Waals surface area contributed by atoms with E-state index in [-0.39, 0.29) is 22.8 Å². The zero-order chi connectivity index (χ0) is 26.6. The van der Waals surface area contributed by atoms with Gasteiger partial charge in [-0.05, 0) is 68.0 Å². The normalized spacial score (nSPS) is 16.0. The molecule has 2 amide bonds. The number of fused-ring (bicyclic) bond motifs is 1. The summed E-state index contributed by atoms with van der Waals surface area (Å²) in [7, 11) is -1.98. The van der Waals surface area contributed by atoms with Gasteiger partial charge < -0.3 is 15.1 Å². The maximum absolute atomic E-state index is 13.3. The second-order valence-corrected chi connectivity index (χ2v) is 12.8. The fraction of sp³-hybridized carbons (Fsp3) is 0.385. The molecule has 1 aliphatic carbocycles. The summed E-state index contributed by atoms with van der Waals surface area (Å²) >= 11 is 1.38. The maximum Gasteiger partial charge on any atom is 0.256 e. The predicted octanol–water partition coefficient (Wildman–Crippen LogP) is 4.40. The number of aromatic nitrogens is 2. The molecule has 2 aliphatic rings. The van der Waals surface area contributed by atoms with Crippen LogP contribution in [0.4, 0.5) is 16.8 Å². The van der Waals surface area contributed by atoms with E-state index in [0.29, 0.717) is 40.4 Å². The minimum Gasteiger partial charge on any atom is -0.331 e. The third-order valence-corrected chi connectivity index (χ3v) is 9.28. The van der Waals surface area contributed by atoms with Gasteiger partial charge in [0, 0.05) is 32.8 Å². The fourth-order valence-corrected chi connectivity index (χ4v) is 6.58. The van der Waals surface area contributed by atoms with Gasteiger partial charge in [0.1, 0.15) is 11.6 Å². The van der Waals surface area contributed by atoms with E-state index in [4.69, 9.17) is 0 Å². The van der Waals surface area contributed by atoms with Gasteiger partial charge in [-0.1, -0.05) is 17.4 Å². The zero-order valence-corrected chi connectivity index (χ0v) is 23.0. The number of rotatable bonds is 7. The standard InChI is InChI=1S/C26H29N5O4S2/c1-14-24(36-26(27-14)29-21-7-6-8-22(28-21)30(4)16(3)32)18-11-19-13-31(15(2)17-9-10-17)25(33)23(19)20(12-18)37(5,34)35/h6-8,11-12,15,17H,9-10,13H2,1-5H3,(H,27,28,29). The molecule has 9 nitrogen and oxygen atoms in total. The Bertz CT molecular complexity index is 1530. The quantitative estimate of drug-likeness (QED) is 0.474. The Kier molecular flexibility index (Phi) is 6.31. The van der Waals surface area contributed by atoms with Crippen molar-refractivity contribution in [3.63, 3.8) is 0 Å². The van der Waals surface area contributed by atoms with Crippen molar-refractivity contribution in [1.29, 1.82) is 0 Å². The number of sulfone groups is 1. The number of anilines is 3. The van der Waals surface area contributed by atoms with Gasteiger partial charge in [-0.15, -0.1) is 0 Å². The third kappa shape index (κ3) is 4.85. The van der Waals surface area contributed by atoms with Crippen LogP contribution in [0, 0.1) is 12.8 Å². The molecule has 5 rings (SSSR count). The van der Waals surface area contributed by atoms with Gasteiger partial charge in [0.25, 0.3) is 5.91 Å². The van der Waals surface area contributed by atoms with Crippen molar-refractivity contribution in [2.45, 2.75) is 51.1 Å². The van der Waals surface area contributed by atoms with E-state index in [1.54, 1.807) is 31.3 Å². The van der Waals surface area contributed by atoms with Crippen LogP contribution in [0.15, 0.2) is 35.2 Å². The predicted molar refractivity (Wildman–Crippen MR) is 144 cm³/mol. The number of amides is 2. The Morgan fingerprint density at radius 3 is 2.62 bits per heavy atom. The van der Waals surface area contributed by atoms with Crippen molar-refractivity contribution in [1.82, 2.24) is 14.9 Å². The molecule has 0 radical (unpaired) electrons. The number of hydrogen-bond acceptors (Lipinski definition) is 8. The van der Waals surface area contributed by atoms with Crippen LogP contribution in [0.5, 0.6) is 0 Å². The van der Waals surface area contributed by atoms with Crippen LogP contribution in [-0.4, -0.2) is 54.4 Å². The highest BCUT2D eigenvalue weighted by atomic mass is 32.2. The molecular formula is C26H29N5O4S2. The molecule has 1 saturated carbocycles. The van der Waals surface area contributed by atoms with Gasteiger partial charge in [-0.3, -0.25) is 9.59 Å². The lowest BCUT2D eigenvalue weighted by Crippen LogP contribution is -2.35. The second-order valence-electron chi connectivity index (χ2n) is 9.81. The van der Waals surface area contributed by atoms with Crippen LogP contribution in [-0.2, 0) is 21.2 Å². The maximum atomic E-state index is 13.3. The van der Waals surface area contributed by atoms with Crippen molar-refractivity contribution >= 4 is 49.8 Å². The highest BCUT2D eigenvalue weighted by Crippen LogP contribution is 2.42. The van der Waals surface area contributed by atoms with Gasteiger partial charge in [0.15, 0.2) is 15.0 Å². The van der Waals surface area contributed by atoms with Crippen molar-refractivity contribution in [3.8, 4) is 10.4 Å². The van der Waals surface area contributed by atoms with E-state index < -0.39 is 9.84 Å². The average molecular weight is 540 g/mol. The second kappa shape index (κ2) is 9.21. The highest BCUT2D eigenvalue weighted by molar-refractivity contribution is 7.90. The molecule has 37 heavy (non-hydrogen) atoms. The number of nitrogens with zero attached hydrogens (tertiary/aromatic N) is 4. The first kappa shape index (κ1) is 25.3. The summed E-state index contributed by atoms with van der Waals surface area (Å²) in [6.45, 7) is 5.79. The van der Waals surface area contributed by atoms with Crippen LogP contribution in [0.1, 0.15) is 48.3 Å². The molecule has 194 valence electrons. The first-order valence-corrected chi connectivity index (χ1v) is 14.8. The topological polar surface area (TPSA) is 113 Å². The zero-order valence-electron chi connectivity index (χ0n) is 21.4. The molecule has 1 unspecified atom stereocenters. The lowest BCUT2D eigenvalue weighted by Gasteiger charge is -2.24. The molecule has 1 fully saturated rings. The molecule has 0 saturated heterocycles. The van der Waals surface area contributed by atoms with E-state index in [9.17, 15) is 18.0 Å². The Labute approximate surface area is 220 Å². The van der Waals surface area contributed by atoms with Crippen LogP contribution < -0.4 is 10.2 Å². The number of nitrogens with one attached hydrogen (secondary N) is 1. The molecular weight excluding hydrogens is 510 g/mol. The average Bonchev–Trinajstić information content (AvgIpc) is 3.55. The van der Waals surface area contributed by atoms with Crippen LogP contribution in [0.25, 0.3) is 10.4 Å². The van der Waals surface area contributed by atoms with Crippen LogP contribution in [0.2, 0.25) is 0 Å². The van der Waals surface area contributed by atoms with Crippen molar-refractivity contribution in [2.75, 3.05) is 23.5 Å². The Morgan fingerprint density at radius 2 is 1.97 bits per heavy atom. The summed E-state index contributed by atoms with van der Waals surface area (Å²) in [5.74, 6) is 1.20. The van der Waals surface area contributed by atoms with Crippen molar-refractivity contribution < 1.29 is 18.0 Å². The minimum absolute atomic E-state index is 0.0689. The van der Waals surface area contributed by atoms with Gasteiger partial charge in [-0.25, -0.2) is 18.4 Å². The number of thiazole rings is 1. The fourth-order valence-electron chi connectivity index (χ4n) is 4.69. The van der Waals surface area contributed by atoms with Gasteiger partial charge in [-0.2, -0.15) is 0 Å². The lowest BCUT2D eigenvalue weighted by atomic mass is 10.0. The SMILES string of the molecule is CC(=O)N(C)c1cccc(Nc2nc(C)c(-c3cc4c(c(S(C)(=O)=O)c3)C(=O)N(C(C)C3CC3)C4)s2)n1. The van der Waals surface area contributed by atoms with E-state index >= 15 is 0 Å². The number of benzene rings is 1. The number of hydrogen-bond donors (Lipinski definition) is 1. The van der Waals surface area contributed by atoms with E-state index in [1.807, 2.05) is 24.8 Å². The molecule has 11 heteroatoms. The summed E-state index contributed by atoms with van der Waals surface area (Å²) in [6, 6.07) is 8.94. The number of aryl methyl sites for hydroxylation is 1.